The lowest BCUT2D eigenvalue weighted by Crippen LogP contribution is -2.49. The molecule has 0 spiro atoms. The number of aromatic nitrogens is 3. The Bertz CT molecular complexity index is 1040. The van der Waals surface area contributed by atoms with Crippen LogP contribution in [-0.2, 0) is 20.0 Å². The highest BCUT2D eigenvalue weighted by Crippen LogP contribution is 2.23. The van der Waals surface area contributed by atoms with E-state index >= 15 is 0 Å². The summed E-state index contributed by atoms with van der Waals surface area (Å²) in [7, 11) is 1.90. The van der Waals surface area contributed by atoms with Crippen LogP contribution in [0.5, 0.6) is 0 Å². The van der Waals surface area contributed by atoms with Crippen LogP contribution in [0.15, 0.2) is 54.9 Å². The molecular formula is C24H30N6O. The van der Waals surface area contributed by atoms with Crippen LogP contribution in [0.1, 0.15) is 25.0 Å². The lowest BCUT2D eigenvalue weighted by atomic mass is 9.95. The fraction of sp³-hybridized carbons (Fsp3) is 0.375. The number of aryl methyl sites for hydroxylation is 1. The lowest BCUT2D eigenvalue weighted by molar-refractivity contribution is 0.138. The highest BCUT2D eigenvalue weighted by atomic mass is 16.2. The predicted octanol–water partition coefficient (Wildman–Crippen LogP) is 3.69. The zero-order valence-electron chi connectivity index (χ0n) is 18.4. The minimum atomic E-state index is -0.196. The quantitative estimate of drug-likeness (QED) is 0.640. The number of rotatable bonds is 6. The van der Waals surface area contributed by atoms with Crippen molar-refractivity contribution in [2.45, 2.75) is 32.9 Å². The van der Waals surface area contributed by atoms with Gasteiger partial charge in [0.15, 0.2) is 5.82 Å². The number of carbonyl (C=O) groups is 1. The van der Waals surface area contributed by atoms with Crippen molar-refractivity contribution in [1.29, 1.82) is 0 Å². The van der Waals surface area contributed by atoms with Gasteiger partial charge in [0.2, 0.25) is 0 Å². The lowest BCUT2D eigenvalue weighted by Gasteiger charge is -2.38. The van der Waals surface area contributed by atoms with Crippen LogP contribution in [0.25, 0.3) is 11.4 Å². The molecule has 0 saturated carbocycles. The van der Waals surface area contributed by atoms with Crippen molar-refractivity contribution in [3.05, 3.63) is 66.0 Å². The fourth-order valence-electron chi connectivity index (χ4n) is 4.24. The van der Waals surface area contributed by atoms with Crippen molar-refractivity contribution in [2.24, 2.45) is 13.0 Å². The third-order valence-corrected chi connectivity index (χ3v) is 5.96. The van der Waals surface area contributed by atoms with Crippen molar-refractivity contribution in [3.63, 3.8) is 0 Å². The summed E-state index contributed by atoms with van der Waals surface area (Å²) in [5.74, 6) is 1.19. The average Bonchev–Trinajstić information content (AvgIpc) is 3.19. The molecule has 1 atom stereocenters. The van der Waals surface area contributed by atoms with Gasteiger partial charge in [-0.2, -0.15) is 0 Å². The van der Waals surface area contributed by atoms with E-state index in [1.807, 2.05) is 35.9 Å². The number of anilines is 1. The Hall–Kier alpha value is -3.19. The first-order valence-electron chi connectivity index (χ1n) is 10.8. The van der Waals surface area contributed by atoms with Crippen LogP contribution in [0.3, 0.4) is 0 Å². The molecule has 1 aliphatic heterocycles. The summed E-state index contributed by atoms with van der Waals surface area (Å²) in [5.41, 5.74) is 4.47. The van der Waals surface area contributed by atoms with Gasteiger partial charge in [0.1, 0.15) is 6.33 Å². The molecule has 2 aromatic carbocycles. The van der Waals surface area contributed by atoms with Gasteiger partial charge in [-0.05, 0) is 35.6 Å². The zero-order chi connectivity index (χ0) is 21.8. The second-order valence-electron chi connectivity index (χ2n) is 8.48. The van der Waals surface area contributed by atoms with E-state index in [0.29, 0.717) is 12.5 Å². The van der Waals surface area contributed by atoms with Crippen molar-refractivity contribution in [3.8, 4) is 11.4 Å². The number of hydrogen-bond acceptors (Lipinski definition) is 4. The largest absolute Gasteiger partial charge is 0.336 e. The van der Waals surface area contributed by atoms with Crippen molar-refractivity contribution in [1.82, 2.24) is 25.0 Å². The number of urea groups is 1. The van der Waals surface area contributed by atoms with Gasteiger partial charge in [0, 0.05) is 44.0 Å². The Kier molecular flexibility index (Phi) is 6.32. The van der Waals surface area contributed by atoms with Gasteiger partial charge >= 0.3 is 6.03 Å². The Morgan fingerprint density at radius 3 is 2.68 bits per heavy atom. The number of amides is 2. The molecule has 4 rings (SSSR count). The van der Waals surface area contributed by atoms with Crippen LogP contribution < -0.4 is 10.6 Å². The van der Waals surface area contributed by atoms with Crippen molar-refractivity contribution in [2.75, 3.05) is 18.4 Å². The maximum atomic E-state index is 12.6. The first kappa shape index (κ1) is 21.1. The Morgan fingerprint density at radius 1 is 1.13 bits per heavy atom. The van der Waals surface area contributed by atoms with E-state index < -0.39 is 0 Å². The molecule has 2 N–H and O–H groups in total. The van der Waals surface area contributed by atoms with E-state index in [4.69, 9.17) is 0 Å². The van der Waals surface area contributed by atoms with Gasteiger partial charge in [0.05, 0.1) is 0 Å². The first-order chi connectivity index (χ1) is 15.0. The highest BCUT2D eigenvalue weighted by molar-refractivity contribution is 5.89. The van der Waals surface area contributed by atoms with Crippen LogP contribution in [-0.4, -0.2) is 44.8 Å². The molecule has 1 aliphatic rings. The number of nitrogens with zero attached hydrogens (tertiary/aromatic N) is 4. The molecule has 1 aromatic heterocycles. The second kappa shape index (κ2) is 9.31. The zero-order valence-corrected chi connectivity index (χ0v) is 18.4. The SMILES string of the molecule is CC(C)C(CNC(=O)Nc1cccc(-c2nncn2C)c1)N1CCc2ccccc2C1. The normalized spacial score (nSPS) is 14.8. The number of hydrogen-bond donors (Lipinski definition) is 2. The molecule has 162 valence electrons. The Labute approximate surface area is 183 Å². The summed E-state index contributed by atoms with van der Waals surface area (Å²) >= 11 is 0. The van der Waals surface area contributed by atoms with Gasteiger partial charge in [-0.3, -0.25) is 4.90 Å². The second-order valence-corrected chi connectivity index (χ2v) is 8.48. The summed E-state index contributed by atoms with van der Waals surface area (Å²) in [4.78, 5) is 15.1. The van der Waals surface area contributed by atoms with Gasteiger partial charge < -0.3 is 15.2 Å². The third-order valence-electron chi connectivity index (χ3n) is 5.96. The number of benzene rings is 2. The van der Waals surface area contributed by atoms with Gasteiger partial charge in [0.25, 0.3) is 0 Å². The standard InChI is InChI=1S/C24H30N6O/c1-17(2)22(30-12-11-18-7-4-5-8-20(18)15-30)14-25-24(31)27-21-10-6-9-19(13-21)23-28-26-16-29(23)3/h4-10,13,16-17,22H,11-12,14-15H2,1-3H3,(H2,25,27,31). The van der Waals surface area contributed by atoms with E-state index in [-0.39, 0.29) is 12.1 Å². The summed E-state index contributed by atoms with van der Waals surface area (Å²) in [6, 6.07) is 16.4. The predicted molar refractivity (Wildman–Crippen MR) is 123 cm³/mol. The topological polar surface area (TPSA) is 75.1 Å². The van der Waals surface area contributed by atoms with Crippen molar-refractivity contribution >= 4 is 11.7 Å². The summed E-state index contributed by atoms with van der Waals surface area (Å²) in [5, 5.41) is 14.1. The first-order valence-corrected chi connectivity index (χ1v) is 10.8. The minimum absolute atomic E-state index is 0.196. The van der Waals surface area contributed by atoms with Gasteiger partial charge in [-0.15, -0.1) is 10.2 Å². The molecule has 2 amide bonds. The van der Waals surface area contributed by atoms with E-state index in [1.165, 1.54) is 11.1 Å². The average molecular weight is 419 g/mol. The molecule has 7 heteroatoms. The molecule has 31 heavy (non-hydrogen) atoms. The monoisotopic (exact) mass is 418 g/mol. The van der Waals surface area contributed by atoms with Crippen LogP contribution in [0, 0.1) is 5.92 Å². The number of carbonyl (C=O) groups excluding carboxylic acids is 1. The number of nitrogens with one attached hydrogen (secondary N) is 2. The van der Waals surface area contributed by atoms with E-state index in [9.17, 15) is 4.79 Å². The van der Waals surface area contributed by atoms with Gasteiger partial charge in [-0.1, -0.05) is 50.2 Å². The van der Waals surface area contributed by atoms with Crippen LogP contribution in [0.2, 0.25) is 0 Å². The Morgan fingerprint density at radius 2 is 1.94 bits per heavy atom. The smallest absolute Gasteiger partial charge is 0.319 e. The van der Waals surface area contributed by atoms with Gasteiger partial charge in [-0.25, -0.2) is 4.79 Å². The third kappa shape index (κ3) is 4.94. The maximum Gasteiger partial charge on any atom is 0.319 e. The molecule has 0 bridgehead atoms. The molecule has 1 unspecified atom stereocenters. The molecule has 2 heterocycles. The Balaban J connectivity index is 1.37. The van der Waals surface area contributed by atoms with Crippen molar-refractivity contribution < 1.29 is 4.79 Å². The summed E-state index contributed by atoms with van der Waals surface area (Å²) in [6.45, 7) is 6.99. The van der Waals surface area contributed by atoms with E-state index in [0.717, 1.165) is 36.6 Å². The van der Waals surface area contributed by atoms with E-state index in [1.54, 1.807) is 6.33 Å². The molecule has 0 aliphatic carbocycles. The molecular weight excluding hydrogens is 388 g/mol. The van der Waals surface area contributed by atoms with Crippen LogP contribution in [0.4, 0.5) is 10.5 Å². The number of fused-ring (bicyclic) bond motifs is 1. The highest BCUT2D eigenvalue weighted by Gasteiger charge is 2.26. The fourth-order valence-corrected chi connectivity index (χ4v) is 4.24. The molecule has 0 fully saturated rings. The molecule has 3 aromatic rings. The molecule has 0 saturated heterocycles. The van der Waals surface area contributed by atoms with Crippen LogP contribution >= 0.6 is 0 Å². The molecule has 0 radical (unpaired) electrons. The summed E-state index contributed by atoms with van der Waals surface area (Å²) in [6.07, 6.45) is 2.72. The minimum Gasteiger partial charge on any atom is -0.336 e. The van der Waals surface area contributed by atoms with E-state index in [2.05, 4.69) is 63.8 Å². The summed E-state index contributed by atoms with van der Waals surface area (Å²) < 4.78 is 1.85. The molecule has 7 nitrogen and oxygen atoms in total. The maximum absolute atomic E-state index is 12.6.